The van der Waals surface area contributed by atoms with E-state index in [0.29, 0.717) is 22.3 Å². The molecule has 6 nitrogen and oxygen atoms in total. The van der Waals surface area contributed by atoms with Gasteiger partial charge in [0.05, 0.1) is 23.3 Å². The number of rotatable bonds is 6. The number of halogens is 1. The molecule has 0 radical (unpaired) electrons. The summed E-state index contributed by atoms with van der Waals surface area (Å²) in [6.45, 7) is 7.65. The van der Waals surface area contributed by atoms with Crippen molar-refractivity contribution in [1.82, 2.24) is 15.0 Å². The number of nitrogens with zero attached hydrogens (tertiary/aromatic N) is 2. The van der Waals surface area contributed by atoms with Gasteiger partial charge in [0.2, 0.25) is 0 Å². The van der Waals surface area contributed by atoms with Crippen LogP contribution in [0.1, 0.15) is 36.8 Å². The SMILES string of the molecule is CCOC(=O)c1c(C)nc2nc(SCC(C)C)[nH]c(=O)c2c1-c1cccc(F)c1. The molecule has 0 aliphatic carbocycles. The van der Waals surface area contributed by atoms with Gasteiger partial charge in [-0.3, -0.25) is 4.79 Å². The molecular weight excluding hydrogens is 393 g/mol. The summed E-state index contributed by atoms with van der Waals surface area (Å²) in [4.78, 5) is 37.3. The number of esters is 1. The Morgan fingerprint density at radius 1 is 1.31 bits per heavy atom. The summed E-state index contributed by atoms with van der Waals surface area (Å²) in [6, 6.07) is 5.74. The molecule has 3 rings (SSSR count). The zero-order valence-corrected chi connectivity index (χ0v) is 17.5. The van der Waals surface area contributed by atoms with E-state index in [-0.39, 0.29) is 28.8 Å². The molecule has 3 aromatic rings. The van der Waals surface area contributed by atoms with Crippen molar-refractivity contribution in [2.24, 2.45) is 5.92 Å². The highest BCUT2D eigenvalue weighted by atomic mass is 32.2. The van der Waals surface area contributed by atoms with Gasteiger partial charge in [0.15, 0.2) is 10.8 Å². The number of hydrogen-bond acceptors (Lipinski definition) is 6. The molecule has 0 unspecified atom stereocenters. The number of hydrogen-bond donors (Lipinski definition) is 1. The summed E-state index contributed by atoms with van der Waals surface area (Å²) in [5, 5.41) is 0.593. The molecule has 29 heavy (non-hydrogen) atoms. The van der Waals surface area contributed by atoms with Crippen molar-refractivity contribution < 1.29 is 13.9 Å². The summed E-state index contributed by atoms with van der Waals surface area (Å²) in [5.41, 5.74) is 0.953. The monoisotopic (exact) mass is 415 g/mol. The fourth-order valence-corrected chi connectivity index (χ4v) is 3.77. The Labute approximate surface area is 171 Å². The van der Waals surface area contributed by atoms with Crippen LogP contribution < -0.4 is 5.56 Å². The third-order valence-corrected chi connectivity index (χ3v) is 5.46. The maximum atomic E-state index is 13.9. The summed E-state index contributed by atoms with van der Waals surface area (Å²) < 4.78 is 19.1. The lowest BCUT2D eigenvalue weighted by atomic mass is 9.96. The average Bonchev–Trinajstić information content (AvgIpc) is 2.65. The van der Waals surface area contributed by atoms with E-state index in [1.807, 2.05) is 0 Å². The number of aromatic nitrogens is 3. The molecule has 0 fully saturated rings. The van der Waals surface area contributed by atoms with E-state index in [1.54, 1.807) is 19.9 Å². The minimum absolute atomic E-state index is 0.137. The normalized spacial score (nSPS) is 11.2. The van der Waals surface area contributed by atoms with Gasteiger partial charge in [0, 0.05) is 11.3 Å². The number of ether oxygens (including phenoxy) is 1. The van der Waals surface area contributed by atoms with Crippen molar-refractivity contribution in [1.29, 1.82) is 0 Å². The van der Waals surface area contributed by atoms with Crippen LogP contribution in [0.5, 0.6) is 0 Å². The zero-order valence-electron chi connectivity index (χ0n) is 16.7. The number of carbonyl (C=O) groups is 1. The number of nitrogens with one attached hydrogen (secondary N) is 1. The Hall–Kier alpha value is -2.74. The summed E-state index contributed by atoms with van der Waals surface area (Å²) in [7, 11) is 0. The van der Waals surface area contributed by atoms with Crippen LogP contribution >= 0.6 is 11.8 Å². The van der Waals surface area contributed by atoms with E-state index >= 15 is 0 Å². The van der Waals surface area contributed by atoms with Crippen LogP contribution in [0.25, 0.3) is 22.2 Å². The van der Waals surface area contributed by atoms with Crippen LogP contribution in [0, 0.1) is 18.7 Å². The highest BCUT2D eigenvalue weighted by Crippen LogP contribution is 2.32. The van der Waals surface area contributed by atoms with E-state index in [4.69, 9.17) is 4.74 Å². The molecule has 0 saturated carbocycles. The quantitative estimate of drug-likeness (QED) is 0.366. The molecule has 0 spiro atoms. The van der Waals surface area contributed by atoms with E-state index in [1.165, 1.54) is 30.0 Å². The van der Waals surface area contributed by atoms with Crippen LogP contribution in [0.4, 0.5) is 4.39 Å². The first-order valence-corrected chi connectivity index (χ1v) is 10.3. The lowest BCUT2D eigenvalue weighted by Gasteiger charge is -2.14. The third-order valence-electron chi connectivity index (χ3n) is 4.16. The molecule has 152 valence electrons. The first-order valence-electron chi connectivity index (χ1n) is 9.32. The number of benzene rings is 1. The van der Waals surface area contributed by atoms with Gasteiger partial charge in [-0.25, -0.2) is 19.2 Å². The van der Waals surface area contributed by atoms with E-state index < -0.39 is 17.3 Å². The number of aryl methyl sites for hydroxylation is 1. The number of thioether (sulfide) groups is 1. The second-order valence-electron chi connectivity index (χ2n) is 6.95. The average molecular weight is 415 g/mol. The molecule has 1 aromatic carbocycles. The van der Waals surface area contributed by atoms with Crippen molar-refractivity contribution in [3.05, 3.63) is 51.7 Å². The lowest BCUT2D eigenvalue weighted by molar-refractivity contribution is 0.0526. The van der Waals surface area contributed by atoms with Gasteiger partial charge in [-0.2, -0.15) is 0 Å². The largest absolute Gasteiger partial charge is 0.462 e. The highest BCUT2D eigenvalue weighted by Gasteiger charge is 2.24. The summed E-state index contributed by atoms with van der Waals surface area (Å²) >= 11 is 1.43. The first kappa shape index (κ1) is 21.0. The highest BCUT2D eigenvalue weighted by molar-refractivity contribution is 7.99. The van der Waals surface area contributed by atoms with Crippen molar-refractivity contribution in [2.45, 2.75) is 32.9 Å². The first-order chi connectivity index (χ1) is 13.8. The van der Waals surface area contributed by atoms with Gasteiger partial charge in [-0.15, -0.1) is 0 Å². The molecule has 2 heterocycles. The van der Waals surface area contributed by atoms with Gasteiger partial charge in [0.25, 0.3) is 5.56 Å². The zero-order chi connectivity index (χ0) is 21.1. The number of fused-ring (bicyclic) bond motifs is 1. The molecule has 0 bridgehead atoms. The number of H-pyrrole nitrogens is 1. The summed E-state index contributed by atoms with van der Waals surface area (Å²) in [5.74, 6) is 0.111. The van der Waals surface area contributed by atoms with Crippen LogP contribution in [-0.4, -0.2) is 33.3 Å². The fourth-order valence-electron chi connectivity index (χ4n) is 2.97. The second-order valence-corrected chi connectivity index (χ2v) is 7.96. The molecule has 2 aromatic heterocycles. The molecule has 0 saturated heterocycles. The number of carbonyl (C=O) groups excluding carboxylic acids is 1. The van der Waals surface area contributed by atoms with Crippen molar-refractivity contribution in [2.75, 3.05) is 12.4 Å². The van der Waals surface area contributed by atoms with Gasteiger partial charge >= 0.3 is 5.97 Å². The van der Waals surface area contributed by atoms with Crippen molar-refractivity contribution in [3.8, 4) is 11.1 Å². The van der Waals surface area contributed by atoms with Crippen molar-refractivity contribution >= 4 is 28.8 Å². The second kappa shape index (κ2) is 8.73. The Kier molecular flexibility index (Phi) is 6.32. The molecule has 1 N–H and O–H groups in total. The predicted molar refractivity (Wildman–Crippen MR) is 112 cm³/mol. The Balaban J connectivity index is 2.33. The van der Waals surface area contributed by atoms with Crippen LogP contribution in [0.15, 0.2) is 34.2 Å². The Bertz CT molecular complexity index is 1130. The topological polar surface area (TPSA) is 84.9 Å². The maximum absolute atomic E-state index is 13.9. The maximum Gasteiger partial charge on any atom is 0.340 e. The van der Waals surface area contributed by atoms with Gasteiger partial charge in [-0.1, -0.05) is 37.7 Å². The lowest BCUT2D eigenvalue weighted by Crippen LogP contribution is -2.17. The van der Waals surface area contributed by atoms with Gasteiger partial charge < -0.3 is 9.72 Å². The molecule has 0 amide bonds. The minimum Gasteiger partial charge on any atom is -0.462 e. The Morgan fingerprint density at radius 2 is 2.07 bits per heavy atom. The summed E-state index contributed by atoms with van der Waals surface area (Å²) in [6.07, 6.45) is 0. The number of pyridine rings is 1. The molecule has 0 aliphatic rings. The predicted octanol–water partition coefficient (Wildman–Crippen LogP) is 4.36. The van der Waals surface area contributed by atoms with Gasteiger partial charge in [0.1, 0.15) is 5.82 Å². The minimum atomic E-state index is -0.615. The smallest absolute Gasteiger partial charge is 0.340 e. The molecular formula is C21H22FN3O3S. The fraction of sp³-hybridized carbons (Fsp3) is 0.333. The van der Waals surface area contributed by atoms with E-state index in [0.717, 1.165) is 5.75 Å². The van der Waals surface area contributed by atoms with Crippen LogP contribution in [0.2, 0.25) is 0 Å². The van der Waals surface area contributed by atoms with Crippen molar-refractivity contribution in [3.63, 3.8) is 0 Å². The van der Waals surface area contributed by atoms with Gasteiger partial charge in [-0.05, 0) is 37.5 Å². The third kappa shape index (κ3) is 4.48. The van der Waals surface area contributed by atoms with E-state index in [2.05, 4.69) is 28.8 Å². The Morgan fingerprint density at radius 3 is 2.72 bits per heavy atom. The molecule has 0 aliphatic heterocycles. The number of aromatic amines is 1. The standard InChI is InChI=1S/C21H22FN3O3S/c1-5-28-20(27)15-12(4)23-18-17(16(15)13-7-6-8-14(22)9-13)19(26)25-21(24-18)29-10-11(2)3/h6-9,11H,5,10H2,1-4H3,(H,23,24,25,26). The van der Waals surface area contributed by atoms with Crippen LogP contribution in [-0.2, 0) is 4.74 Å². The molecule has 0 atom stereocenters. The van der Waals surface area contributed by atoms with Crippen LogP contribution in [0.3, 0.4) is 0 Å². The van der Waals surface area contributed by atoms with E-state index in [9.17, 15) is 14.0 Å². The molecule has 8 heteroatoms.